The Kier molecular flexibility index (Phi) is 5.64. The molecule has 0 aliphatic carbocycles. The molecule has 4 N–H and O–H groups in total. The molecule has 0 aromatic carbocycles. The minimum Gasteiger partial charge on any atom is -0.358 e. The van der Waals surface area contributed by atoms with Crippen LogP contribution in [0.3, 0.4) is 0 Å². The van der Waals surface area contributed by atoms with Gasteiger partial charge in [-0.15, -0.1) is 0 Å². The highest BCUT2D eigenvalue weighted by Crippen LogP contribution is 2.09. The van der Waals surface area contributed by atoms with Crippen LogP contribution in [0.5, 0.6) is 0 Å². The molecule has 0 aliphatic rings. The van der Waals surface area contributed by atoms with Crippen molar-refractivity contribution in [3.05, 3.63) is 24.0 Å². The smallest absolute Gasteiger partial charge is 0.242 e. The topological polar surface area (TPSA) is 114 Å². The second-order valence-corrected chi connectivity index (χ2v) is 5.59. The number of amides is 1. The Hall–Kier alpha value is -1.95. The van der Waals surface area contributed by atoms with Crippen LogP contribution in [0, 0.1) is 11.8 Å². The molecular weight excluding hydrogens is 280 g/mol. The lowest BCUT2D eigenvalue weighted by atomic mass is 10.3. The molecule has 1 amide bonds. The van der Waals surface area contributed by atoms with Crippen molar-refractivity contribution in [3.8, 4) is 11.8 Å². The van der Waals surface area contributed by atoms with Crippen LogP contribution in [0.15, 0.2) is 23.4 Å². The highest BCUT2D eigenvalue weighted by molar-refractivity contribution is 7.89. The molecule has 1 atom stereocenters. The van der Waals surface area contributed by atoms with E-state index < -0.39 is 22.0 Å². The first-order valence-electron chi connectivity index (χ1n) is 5.78. The monoisotopic (exact) mass is 296 g/mol. The number of nitrogens with two attached hydrogens (primary N) is 1. The second kappa shape index (κ2) is 7.00. The van der Waals surface area contributed by atoms with Crippen molar-refractivity contribution in [1.82, 2.24) is 15.0 Å². The van der Waals surface area contributed by atoms with Gasteiger partial charge in [-0.2, -0.15) is 4.72 Å². The Morgan fingerprint density at radius 2 is 2.20 bits per heavy atom. The average Bonchev–Trinajstić information content (AvgIpc) is 2.44. The molecule has 20 heavy (non-hydrogen) atoms. The van der Waals surface area contributed by atoms with Crippen molar-refractivity contribution in [3.63, 3.8) is 0 Å². The van der Waals surface area contributed by atoms with Gasteiger partial charge in [-0.25, -0.2) is 8.42 Å². The second-order valence-electron chi connectivity index (χ2n) is 3.87. The van der Waals surface area contributed by atoms with E-state index in [2.05, 4.69) is 26.9 Å². The predicted octanol–water partition coefficient (Wildman–Crippen LogP) is -1.20. The Morgan fingerprint density at radius 3 is 2.80 bits per heavy atom. The Balaban J connectivity index is 3.01. The molecule has 0 bridgehead atoms. The van der Waals surface area contributed by atoms with E-state index in [1.54, 1.807) is 0 Å². The number of nitrogens with one attached hydrogen (secondary N) is 2. The quantitative estimate of drug-likeness (QED) is 0.604. The Morgan fingerprint density at radius 1 is 1.50 bits per heavy atom. The van der Waals surface area contributed by atoms with E-state index in [1.165, 1.54) is 32.4 Å². The summed E-state index contributed by atoms with van der Waals surface area (Å²) in [5.74, 6) is 4.87. The number of rotatable bonds is 4. The maximum atomic E-state index is 12.1. The molecule has 1 unspecified atom stereocenters. The van der Waals surface area contributed by atoms with E-state index in [9.17, 15) is 13.2 Å². The van der Waals surface area contributed by atoms with Crippen LogP contribution in [-0.2, 0) is 14.8 Å². The van der Waals surface area contributed by atoms with E-state index in [4.69, 9.17) is 5.73 Å². The number of likely N-dealkylation sites (N-methyl/N-ethyl adjacent to an activating group) is 1. The Bertz CT molecular complexity index is 646. The number of sulfonamides is 1. The van der Waals surface area contributed by atoms with Crippen LogP contribution in [0.1, 0.15) is 12.5 Å². The minimum atomic E-state index is -3.83. The summed E-state index contributed by atoms with van der Waals surface area (Å²) in [7, 11) is -2.41. The Labute approximate surface area is 118 Å². The summed E-state index contributed by atoms with van der Waals surface area (Å²) < 4.78 is 26.4. The van der Waals surface area contributed by atoms with Gasteiger partial charge in [0.05, 0.1) is 12.6 Å². The van der Waals surface area contributed by atoms with Gasteiger partial charge in [0, 0.05) is 25.0 Å². The first-order chi connectivity index (χ1) is 9.40. The number of aromatic nitrogens is 1. The normalized spacial score (nSPS) is 12.2. The van der Waals surface area contributed by atoms with Crippen molar-refractivity contribution in [2.24, 2.45) is 5.73 Å². The van der Waals surface area contributed by atoms with Gasteiger partial charge >= 0.3 is 0 Å². The van der Waals surface area contributed by atoms with Crippen molar-refractivity contribution in [2.75, 3.05) is 13.6 Å². The number of carbonyl (C=O) groups is 1. The lowest BCUT2D eigenvalue weighted by Crippen LogP contribution is -2.43. The van der Waals surface area contributed by atoms with E-state index in [-0.39, 0.29) is 11.4 Å². The van der Waals surface area contributed by atoms with Gasteiger partial charge in [0.25, 0.3) is 0 Å². The summed E-state index contributed by atoms with van der Waals surface area (Å²) in [6.07, 6.45) is 2.62. The summed E-state index contributed by atoms with van der Waals surface area (Å²) in [5.41, 5.74) is 5.68. The van der Waals surface area contributed by atoms with Crippen molar-refractivity contribution >= 4 is 15.9 Å². The van der Waals surface area contributed by atoms with Crippen LogP contribution in [0.2, 0.25) is 0 Å². The molecule has 0 saturated carbocycles. The van der Waals surface area contributed by atoms with E-state index in [0.717, 1.165) is 0 Å². The summed E-state index contributed by atoms with van der Waals surface area (Å²) >= 11 is 0. The van der Waals surface area contributed by atoms with E-state index in [0.29, 0.717) is 5.56 Å². The zero-order valence-corrected chi connectivity index (χ0v) is 12.0. The summed E-state index contributed by atoms with van der Waals surface area (Å²) in [6, 6.07) is 0.484. The predicted molar refractivity (Wildman–Crippen MR) is 74.0 cm³/mol. The number of pyridine rings is 1. The fourth-order valence-corrected chi connectivity index (χ4v) is 2.55. The van der Waals surface area contributed by atoms with Crippen LogP contribution in [0.25, 0.3) is 0 Å². The standard InChI is InChI=1S/C12H16N4O3S/c1-9(12(17)14-2)16-20(18,19)11-6-10(4-3-5-13)7-15-8-11/h6-9,16H,5,13H2,1-2H3,(H,14,17). The number of carbonyl (C=O) groups excluding carboxylic acids is 1. The fraction of sp³-hybridized carbons (Fsp3) is 0.333. The highest BCUT2D eigenvalue weighted by Gasteiger charge is 2.21. The van der Waals surface area contributed by atoms with Crippen LogP contribution in [0.4, 0.5) is 0 Å². The van der Waals surface area contributed by atoms with Gasteiger partial charge in [-0.3, -0.25) is 9.78 Å². The van der Waals surface area contributed by atoms with Gasteiger partial charge in [0.15, 0.2) is 0 Å². The first-order valence-corrected chi connectivity index (χ1v) is 7.27. The zero-order chi connectivity index (χ0) is 15.2. The highest BCUT2D eigenvalue weighted by atomic mass is 32.2. The van der Waals surface area contributed by atoms with E-state index in [1.807, 2.05) is 0 Å². The van der Waals surface area contributed by atoms with Crippen LogP contribution in [-0.4, -0.2) is 38.9 Å². The average molecular weight is 296 g/mol. The van der Waals surface area contributed by atoms with Crippen molar-refractivity contribution < 1.29 is 13.2 Å². The summed E-state index contributed by atoms with van der Waals surface area (Å²) in [4.78, 5) is 15.1. The maximum Gasteiger partial charge on any atom is 0.242 e. The summed E-state index contributed by atoms with van der Waals surface area (Å²) in [6.45, 7) is 1.62. The van der Waals surface area contributed by atoms with Gasteiger partial charge in [-0.1, -0.05) is 11.8 Å². The molecular formula is C12H16N4O3S. The number of hydrogen-bond donors (Lipinski definition) is 3. The maximum absolute atomic E-state index is 12.1. The molecule has 7 nitrogen and oxygen atoms in total. The SMILES string of the molecule is CNC(=O)C(C)NS(=O)(=O)c1cncc(C#CCN)c1. The minimum absolute atomic E-state index is 0.0583. The third kappa shape index (κ3) is 4.31. The van der Waals surface area contributed by atoms with Gasteiger partial charge in [0.1, 0.15) is 4.90 Å². The van der Waals surface area contributed by atoms with Crippen molar-refractivity contribution in [1.29, 1.82) is 0 Å². The van der Waals surface area contributed by atoms with Gasteiger partial charge in [0.2, 0.25) is 15.9 Å². The molecule has 1 heterocycles. The van der Waals surface area contributed by atoms with E-state index >= 15 is 0 Å². The van der Waals surface area contributed by atoms with Crippen molar-refractivity contribution in [2.45, 2.75) is 17.9 Å². The molecule has 0 radical (unpaired) electrons. The molecule has 1 rings (SSSR count). The van der Waals surface area contributed by atoms with Gasteiger partial charge < -0.3 is 11.1 Å². The molecule has 0 aliphatic heterocycles. The molecule has 0 saturated heterocycles. The lowest BCUT2D eigenvalue weighted by Gasteiger charge is -2.12. The molecule has 1 aromatic rings. The van der Waals surface area contributed by atoms with Crippen LogP contribution < -0.4 is 15.8 Å². The third-order valence-electron chi connectivity index (χ3n) is 2.33. The fourth-order valence-electron chi connectivity index (χ4n) is 1.36. The lowest BCUT2D eigenvalue weighted by molar-refractivity contribution is -0.121. The first kappa shape index (κ1) is 16.1. The van der Waals surface area contributed by atoms with Gasteiger partial charge in [-0.05, 0) is 13.0 Å². The molecule has 8 heteroatoms. The molecule has 108 valence electrons. The molecule has 1 aromatic heterocycles. The zero-order valence-electron chi connectivity index (χ0n) is 11.2. The largest absolute Gasteiger partial charge is 0.358 e. The number of hydrogen-bond acceptors (Lipinski definition) is 5. The third-order valence-corrected chi connectivity index (χ3v) is 3.84. The number of nitrogens with zero attached hydrogens (tertiary/aromatic N) is 1. The summed E-state index contributed by atoms with van der Waals surface area (Å²) in [5, 5.41) is 2.36. The molecule has 0 fully saturated rings. The molecule has 0 spiro atoms. The van der Waals surface area contributed by atoms with Crippen LogP contribution >= 0.6 is 0 Å².